The number of amides is 2. The van der Waals surface area contributed by atoms with Crippen molar-refractivity contribution in [2.24, 2.45) is 0 Å². The molecule has 0 aliphatic carbocycles. The highest BCUT2D eigenvalue weighted by Gasteiger charge is 2.38. The van der Waals surface area contributed by atoms with E-state index in [0.29, 0.717) is 27.6 Å². The van der Waals surface area contributed by atoms with Crippen molar-refractivity contribution in [2.45, 2.75) is 19.0 Å². The number of benzene rings is 2. The molecule has 27 heavy (non-hydrogen) atoms. The van der Waals surface area contributed by atoms with Gasteiger partial charge < -0.3 is 19.9 Å². The lowest BCUT2D eigenvalue weighted by Crippen LogP contribution is -2.50. The van der Waals surface area contributed by atoms with Gasteiger partial charge >= 0.3 is 0 Å². The van der Waals surface area contributed by atoms with Crippen LogP contribution in [0.15, 0.2) is 36.4 Å². The second kappa shape index (κ2) is 6.78. The number of hydrogen-bond donors (Lipinski definition) is 1. The quantitative estimate of drug-likeness (QED) is 0.876. The van der Waals surface area contributed by atoms with Crippen LogP contribution >= 0.6 is 11.6 Å². The minimum atomic E-state index is -0.284. The number of hydrogen-bond acceptors (Lipinski definition) is 4. The first-order valence-corrected chi connectivity index (χ1v) is 9.20. The van der Waals surface area contributed by atoms with Gasteiger partial charge in [0.2, 0.25) is 0 Å². The number of anilines is 2. The molecule has 4 rings (SSSR count). The summed E-state index contributed by atoms with van der Waals surface area (Å²) in [5, 5.41) is 3.34. The largest absolute Gasteiger partial charge is 0.495 e. The summed E-state index contributed by atoms with van der Waals surface area (Å²) < 4.78 is 5.27. The predicted molar refractivity (Wildman–Crippen MR) is 105 cm³/mol. The maximum Gasteiger partial charge on any atom is 0.257 e. The Bertz CT molecular complexity index is 931. The topological polar surface area (TPSA) is 61.9 Å². The minimum absolute atomic E-state index is 0.0362. The molecule has 2 aliphatic heterocycles. The summed E-state index contributed by atoms with van der Waals surface area (Å²) in [5.41, 5.74) is 2.39. The van der Waals surface area contributed by atoms with Crippen molar-refractivity contribution in [3.8, 4) is 5.75 Å². The minimum Gasteiger partial charge on any atom is -0.495 e. The highest BCUT2D eigenvalue weighted by molar-refractivity contribution is 6.31. The average Bonchev–Trinajstić information content (AvgIpc) is 3.16. The number of nitrogens with zero attached hydrogens (tertiary/aromatic N) is 2. The third-order valence-corrected chi connectivity index (χ3v) is 5.44. The zero-order valence-electron chi connectivity index (χ0n) is 15.2. The predicted octanol–water partition coefficient (Wildman–Crippen LogP) is 3.61. The molecule has 6 nitrogen and oxygen atoms in total. The van der Waals surface area contributed by atoms with E-state index in [1.54, 1.807) is 36.4 Å². The number of methoxy groups -OCH3 is 1. The smallest absolute Gasteiger partial charge is 0.257 e. The van der Waals surface area contributed by atoms with Crippen LogP contribution < -0.4 is 15.0 Å². The van der Waals surface area contributed by atoms with Gasteiger partial charge in [0.1, 0.15) is 11.9 Å². The molecule has 0 aromatic heterocycles. The molecule has 1 fully saturated rings. The Morgan fingerprint density at radius 3 is 2.85 bits per heavy atom. The van der Waals surface area contributed by atoms with E-state index in [1.165, 1.54) is 7.11 Å². The van der Waals surface area contributed by atoms with Gasteiger partial charge in [0, 0.05) is 24.2 Å². The molecule has 0 bridgehead atoms. The van der Waals surface area contributed by atoms with Gasteiger partial charge in [-0.05, 0) is 49.2 Å². The molecule has 0 saturated carbocycles. The molecule has 1 unspecified atom stereocenters. The van der Waals surface area contributed by atoms with E-state index in [1.807, 2.05) is 11.9 Å². The number of rotatable bonds is 3. The van der Waals surface area contributed by atoms with Crippen molar-refractivity contribution >= 4 is 34.8 Å². The van der Waals surface area contributed by atoms with Crippen molar-refractivity contribution < 1.29 is 14.3 Å². The molecule has 0 radical (unpaired) electrons. The molecule has 1 saturated heterocycles. The normalized spacial score (nSPS) is 18.2. The molecule has 2 aromatic rings. The zero-order valence-corrected chi connectivity index (χ0v) is 15.9. The summed E-state index contributed by atoms with van der Waals surface area (Å²) >= 11 is 6.03. The van der Waals surface area contributed by atoms with Crippen molar-refractivity contribution in [3.63, 3.8) is 0 Å². The molecule has 2 aromatic carbocycles. The Kier molecular flexibility index (Phi) is 4.44. The fourth-order valence-electron chi connectivity index (χ4n) is 3.82. The van der Waals surface area contributed by atoms with Crippen LogP contribution in [0.25, 0.3) is 0 Å². The fraction of sp³-hybridized carbons (Fsp3) is 0.300. The summed E-state index contributed by atoms with van der Waals surface area (Å²) in [7, 11) is 3.50. The van der Waals surface area contributed by atoms with E-state index in [-0.39, 0.29) is 18.0 Å². The Labute approximate surface area is 162 Å². The van der Waals surface area contributed by atoms with E-state index in [0.717, 1.165) is 25.1 Å². The van der Waals surface area contributed by atoms with Gasteiger partial charge in [-0.1, -0.05) is 11.6 Å². The zero-order chi connectivity index (χ0) is 19.1. The lowest BCUT2D eigenvalue weighted by molar-refractivity contribution is 0.0719. The molecule has 2 heterocycles. The van der Waals surface area contributed by atoms with Crippen LogP contribution in [0, 0.1) is 0 Å². The maximum atomic E-state index is 12.8. The van der Waals surface area contributed by atoms with Gasteiger partial charge in [0.25, 0.3) is 11.8 Å². The first-order valence-electron chi connectivity index (χ1n) is 8.82. The molecule has 7 heteroatoms. The summed E-state index contributed by atoms with van der Waals surface area (Å²) in [5.74, 6) is 0.279. The molecule has 1 atom stereocenters. The third-order valence-electron chi connectivity index (χ3n) is 5.21. The number of fused-ring (bicyclic) bond motifs is 2. The molecular formula is C20H20ClN3O3. The molecule has 140 valence electrons. The summed E-state index contributed by atoms with van der Waals surface area (Å²) in [6.45, 7) is 0.782. The van der Waals surface area contributed by atoms with Crippen LogP contribution in [0.5, 0.6) is 5.75 Å². The molecule has 1 N–H and O–H groups in total. The third kappa shape index (κ3) is 3.00. The number of carbonyl (C=O) groups excluding carboxylic acids is 2. The van der Waals surface area contributed by atoms with Crippen molar-refractivity contribution in [3.05, 3.63) is 52.5 Å². The monoisotopic (exact) mass is 385 g/mol. The van der Waals surface area contributed by atoms with Crippen LogP contribution in [0.4, 0.5) is 11.4 Å². The maximum absolute atomic E-state index is 12.8. The average molecular weight is 386 g/mol. The molecule has 2 amide bonds. The Morgan fingerprint density at radius 1 is 1.26 bits per heavy atom. The molecule has 2 aliphatic rings. The van der Waals surface area contributed by atoms with Gasteiger partial charge in [0.05, 0.1) is 24.0 Å². The van der Waals surface area contributed by atoms with Crippen LogP contribution in [0.1, 0.15) is 33.6 Å². The van der Waals surface area contributed by atoms with E-state index >= 15 is 0 Å². The van der Waals surface area contributed by atoms with E-state index in [2.05, 4.69) is 10.2 Å². The highest BCUT2D eigenvalue weighted by Crippen LogP contribution is 2.36. The summed E-state index contributed by atoms with van der Waals surface area (Å²) in [4.78, 5) is 29.5. The Hall–Kier alpha value is -2.73. The van der Waals surface area contributed by atoms with Crippen LogP contribution in [-0.2, 0) is 0 Å². The van der Waals surface area contributed by atoms with Crippen molar-refractivity contribution in [2.75, 3.05) is 30.9 Å². The van der Waals surface area contributed by atoms with Crippen molar-refractivity contribution in [1.29, 1.82) is 0 Å². The second-order valence-corrected chi connectivity index (χ2v) is 7.20. The first-order chi connectivity index (χ1) is 13.0. The van der Waals surface area contributed by atoms with E-state index < -0.39 is 0 Å². The van der Waals surface area contributed by atoms with Gasteiger partial charge in [-0.25, -0.2) is 0 Å². The van der Waals surface area contributed by atoms with Gasteiger partial charge in [-0.2, -0.15) is 0 Å². The number of ether oxygens (including phenoxy) is 1. The van der Waals surface area contributed by atoms with Gasteiger partial charge in [0.15, 0.2) is 0 Å². The van der Waals surface area contributed by atoms with Crippen molar-refractivity contribution in [1.82, 2.24) is 4.90 Å². The first kappa shape index (κ1) is 17.7. The Balaban J connectivity index is 1.65. The second-order valence-electron chi connectivity index (χ2n) is 6.76. The van der Waals surface area contributed by atoms with Crippen LogP contribution in [0.3, 0.4) is 0 Å². The lowest BCUT2D eigenvalue weighted by Gasteiger charge is -2.40. The Morgan fingerprint density at radius 2 is 2.07 bits per heavy atom. The van der Waals surface area contributed by atoms with Gasteiger partial charge in [-0.3, -0.25) is 9.59 Å². The van der Waals surface area contributed by atoms with Crippen LogP contribution in [-0.4, -0.2) is 43.6 Å². The number of halogens is 1. The van der Waals surface area contributed by atoms with Crippen LogP contribution in [0.2, 0.25) is 5.02 Å². The summed E-state index contributed by atoms with van der Waals surface area (Å²) in [6.07, 6.45) is 2.00. The molecular weight excluding hydrogens is 366 g/mol. The molecule has 0 spiro atoms. The number of nitrogens with one attached hydrogen (secondary N) is 1. The highest BCUT2D eigenvalue weighted by atomic mass is 35.5. The fourth-order valence-corrected chi connectivity index (χ4v) is 3.99. The lowest BCUT2D eigenvalue weighted by atomic mass is 10.0. The SMILES string of the molecule is COc1ccc(Cl)cc1NC(=O)c1ccc2c(c1)N(C)C1CCCN1C2=O. The van der Waals surface area contributed by atoms with Gasteiger partial charge in [-0.15, -0.1) is 0 Å². The van der Waals surface area contributed by atoms with E-state index in [4.69, 9.17) is 16.3 Å². The van der Waals surface area contributed by atoms with E-state index in [9.17, 15) is 9.59 Å². The summed E-state index contributed by atoms with van der Waals surface area (Å²) in [6, 6.07) is 10.2. The standard InChI is InChI=1S/C20H20ClN3O3/c1-23-16-10-12(5-7-14(16)20(26)24-9-3-4-18(23)24)19(25)22-15-11-13(21)6-8-17(15)27-2/h5-8,10-11,18H,3-4,9H2,1-2H3,(H,22,25). The number of carbonyl (C=O) groups is 2.